The van der Waals surface area contributed by atoms with E-state index in [-0.39, 0.29) is 5.82 Å². The third-order valence-electron chi connectivity index (χ3n) is 7.37. The maximum absolute atomic E-state index is 14.8. The van der Waals surface area contributed by atoms with E-state index < -0.39 is 0 Å². The van der Waals surface area contributed by atoms with Crippen LogP contribution in [0.2, 0.25) is 0 Å². The number of aromatic nitrogens is 4. The van der Waals surface area contributed by atoms with Crippen molar-refractivity contribution in [1.82, 2.24) is 25.3 Å². The number of hydrogen-bond acceptors (Lipinski definition) is 7. The van der Waals surface area contributed by atoms with Crippen molar-refractivity contribution >= 4 is 28.2 Å². The van der Waals surface area contributed by atoms with Crippen LogP contribution in [-0.4, -0.2) is 46.1 Å². The zero-order valence-electron chi connectivity index (χ0n) is 20.0. The molecular formula is C28H28FN7. The highest BCUT2D eigenvalue weighted by atomic mass is 19.1. The molecule has 0 spiro atoms. The van der Waals surface area contributed by atoms with Gasteiger partial charge < -0.3 is 15.5 Å². The lowest BCUT2D eigenvalue weighted by Gasteiger charge is -2.30. The summed E-state index contributed by atoms with van der Waals surface area (Å²) in [6, 6.07) is 9.23. The molecule has 7 rings (SSSR count). The molecular weight excluding hydrogens is 453 g/mol. The summed E-state index contributed by atoms with van der Waals surface area (Å²) < 4.78 is 14.8. The fourth-order valence-electron chi connectivity index (χ4n) is 5.11. The Hall–Kier alpha value is -3.65. The first kappa shape index (κ1) is 21.6. The quantitative estimate of drug-likeness (QED) is 0.395. The Morgan fingerprint density at radius 3 is 2.56 bits per heavy atom. The van der Waals surface area contributed by atoms with Gasteiger partial charge in [-0.2, -0.15) is 0 Å². The summed E-state index contributed by atoms with van der Waals surface area (Å²) in [4.78, 5) is 21.3. The molecule has 1 aliphatic heterocycles. The Morgan fingerprint density at radius 1 is 0.944 bits per heavy atom. The summed E-state index contributed by atoms with van der Waals surface area (Å²) in [6.45, 7) is 3.66. The molecule has 0 unspecified atom stereocenters. The Bertz CT molecular complexity index is 1440. The van der Waals surface area contributed by atoms with Crippen molar-refractivity contribution in [3.8, 4) is 11.4 Å². The summed E-state index contributed by atoms with van der Waals surface area (Å²) in [5.41, 5.74) is 4.45. The van der Waals surface area contributed by atoms with Crippen LogP contribution in [0.3, 0.4) is 0 Å². The molecule has 0 amide bonds. The Balaban J connectivity index is 1.27. The van der Waals surface area contributed by atoms with Crippen molar-refractivity contribution in [1.29, 1.82) is 0 Å². The molecule has 2 saturated carbocycles. The standard InChI is InChI=1S/C28H28FN7/c29-22-13-19(17-1-2-17)5-6-23(22)33-25-14-20(7-8-32-25)27-34-24-16-31-15-21(18-3-4-18)26(24)28(35-27)36-11-9-30-10-12-36/h5-8,13-18,30H,1-4,9-12H2,(H,32,33). The highest BCUT2D eigenvalue weighted by Crippen LogP contribution is 2.45. The third kappa shape index (κ3) is 4.15. The normalized spacial score (nSPS) is 18.0. The van der Waals surface area contributed by atoms with E-state index in [4.69, 9.17) is 9.97 Å². The van der Waals surface area contributed by atoms with Crippen LogP contribution < -0.4 is 15.5 Å². The lowest BCUT2D eigenvalue weighted by atomic mass is 10.1. The number of pyridine rings is 2. The van der Waals surface area contributed by atoms with E-state index in [1.54, 1.807) is 18.3 Å². The van der Waals surface area contributed by atoms with Crippen molar-refractivity contribution in [2.24, 2.45) is 0 Å². The number of fused-ring (bicyclic) bond motifs is 1. The van der Waals surface area contributed by atoms with Gasteiger partial charge in [0.25, 0.3) is 0 Å². The second kappa shape index (κ2) is 8.78. The predicted molar refractivity (Wildman–Crippen MR) is 139 cm³/mol. The molecule has 4 heterocycles. The van der Waals surface area contributed by atoms with Crippen LogP contribution in [0.4, 0.5) is 21.7 Å². The van der Waals surface area contributed by atoms with Gasteiger partial charge in [-0.3, -0.25) is 4.98 Å². The molecule has 4 aromatic rings. The second-order valence-electron chi connectivity index (χ2n) is 10.1. The molecule has 2 N–H and O–H groups in total. The fraction of sp³-hybridized carbons (Fsp3) is 0.357. The van der Waals surface area contributed by atoms with Gasteiger partial charge in [0.1, 0.15) is 17.5 Å². The van der Waals surface area contributed by atoms with Crippen molar-refractivity contribution in [2.45, 2.75) is 37.5 Å². The van der Waals surface area contributed by atoms with E-state index in [1.165, 1.54) is 18.4 Å². The summed E-state index contributed by atoms with van der Waals surface area (Å²) in [7, 11) is 0. The molecule has 3 aromatic heterocycles. The zero-order chi connectivity index (χ0) is 24.1. The minimum Gasteiger partial charge on any atom is -0.353 e. The summed E-state index contributed by atoms with van der Waals surface area (Å²) >= 11 is 0. The van der Waals surface area contributed by atoms with Gasteiger partial charge in [0.05, 0.1) is 17.4 Å². The van der Waals surface area contributed by atoms with E-state index in [2.05, 4.69) is 25.5 Å². The molecule has 36 heavy (non-hydrogen) atoms. The monoisotopic (exact) mass is 481 g/mol. The minimum absolute atomic E-state index is 0.256. The maximum Gasteiger partial charge on any atom is 0.162 e. The number of halogens is 1. The summed E-state index contributed by atoms with van der Waals surface area (Å²) in [5.74, 6) is 2.97. The number of piperazine rings is 1. The summed E-state index contributed by atoms with van der Waals surface area (Å²) in [5, 5.41) is 7.70. The SMILES string of the molecule is Fc1cc(C2CC2)ccc1Nc1cc(-c2nc(N3CCNCC3)c3c(C4CC4)cncc3n2)ccn1. The smallest absolute Gasteiger partial charge is 0.162 e. The van der Waals surface area contributed by atoms with Gasteiger partial charge in [-0.1, -0.05) is 6.07 Å². The lowest BCUT2D eigenvalue weighted by molar-refractivity contribution is 0.586. The van der Waals surface area contributed by atoms with Gasteiger partial charge >= 0.3 is 0 Å². The van der Waals surface area contributed by atoms with Crippen LogP contribution >= 0.6 is 0 Å². The number of rotatable bonds is 6. The molecule has 1 aromatic carbocycles. The average Bonchev–Trinajstić information content (AvgIpc) is 3.83. The van der Waals surface area contributed by atoms with E-state index in [0.29, 0.717) is 29.2 Å². The Labute approximate surface area is 209 Å². The fourth-order valence-corrected chi connectivity index (χ4v) is 5.11. The molecule has 3 aliphatic rings. The largest absolute Gasteiger partial charge is 0.353 e. The second-order valence-corrected chi connectivity index (χ2v) is 10.1. The average molecular weight is 482 g/mol. The topological polar surface area (TPSA) is 78.9 Å². The lowest BCUT2D eigenvalue weighted by Crippen LogP contribution is -2.44. The maximum atomic E-state index is 14.8. The van der Waals surface area contributed by atoms with Crippen LogP contribution in [-0.2, 0) is 0 Å². The molecule has 3 fully saturated rings. The number of anilines is 3. The molecule has 0 atom stereocenters. The molecule has 182 valence electrons. The summed E-state index contributed by atoms with van der Waals surface area (Å²) in [6.07, 6.45) is 10.2. The van der Waals surface area contributed by atoms with Crippen molar-refractivity contribution in [3.63, 3.8) is 0 Å². The van der Waals surface area contributed by atoms with Crippen molar-refractivity contribution < 1.29 is 4.39 Å². The van der Waals surface area contributed by atoms with Crippen LogP contribution in [0.5, 0.6) is 0 Å². The Morgan fingerprint density at radius 2 is 1.78 bits per heavy atom. The molecule has 7 nitrogen and oxygen atoms in total. The van der Waals surface area contributed by atoms with E-state index >= 15 is 0 Å². The molecule has 0 bridgehead atoms. The highest BCUT2D eigenvalue weighted by Gasteiger charge is 2.29. The number of nitrogens with zero attached hydrogens (tertiary/aromatic N) is 5. The van der Waals surface area contributed by atoms with Crippen molar-refractivity contribution in [3.05, 3.63) is 65.9 Å². The Kier molecular flexibility index (Phi) is 5.27. The number of benzene rings is 1. The van der Waals surface area contributed by atoms with Gasteiger partial charge in [-0.25, -0.2) is 19.3 Å². The van der Waals surface area contributed by atoms with E-state index in [1.807, 2.05) is 30.6 Å². The minimum atomic E-state index is -0.256. The van der Waals surface area contributed by atoms with Gasteiger partial charge in [0, 0.05) is 49.5 Å². The van der Waals surface area contributed by atoms with Crippen LogP contribution in [0, 0.1) is 5.82 Å². The van der Waals surface area contributed by atoms with Crippen LogP contribution in [0.25, 0.3) is 22.3 Å². The van der Waals surface area contributed by atoms with E-state index in [9.17, 15) is 4.39 Å². The van der Waals surface area contributed by atoms with E-state index in [0.717, 1.165) is 66.9 Å². The van der Waals surface area contributed by atoms with Crippen molar-refractivity contribution in [2.75, 3.05) is 36.4 Å². The first-order valence-corrected chi connectivity index (χ1v) is 12.9. The van der Waals surface area contributed by atoms with Gasteiger partial charge in [-0.05, 0) is 72.9 Å². The first-order valence-electron chi connectivity index (χ1n) is 12.9. The zero-order valence-corrected chi connectivity index (χ0v) is 20.0. The highest BCUT2D eigenvalue weighted by molar-refractivity contribution is 5.94. The van der Waals surface area contributed by atoms with Crippen LogP contribution in [0.1, 0.15) is 48.6 Å². The van der Waals surface area contributed by atoms with Gasteiger partial charge in [-0.15, -0.1) is 0 Å². The van der Waals surface area contributed by atoms with Gasteiger partial charge in [0.15, 0.2) is 5.82 Å². The predicted octanol–water partition coefficient (Wildman–Crippen LogP) is 5.13. The number of nitrogens with one attached hydrogen (secondary N) is 2. The molecule has 8 heteroatoms. The molecule has 2 aliphatic carbocycles. The number of hydrogen-bond donors (Lipinski definition) is 2. The third-order valence-corrected chi connectivity index (χ3v) is 7.37. The van der Waals surface area contributed by atoms with Gasteiger partial charge in [0.2, 0.25) is 0 Å². The first-order chi connectivity index (χ1) is 17.7. The van der Waals surface area contributed by atoms with Crippen LogP contribution in [0.15, 0.2) is 48.9 Å². The molecule has 0 radical (unpaired) electrons. The molecule has 1 saturated heterocycles.